The van der Waals surface area contributed by atoms with E-state index in [2.05, 4.69) is 80.4 Å². The van der Waals surface area contributed by atoms with Crippen LogP contribution in [0.5, 0.6) is 0 Å². The number of methoxy groups -OCH3 is 2. The Bertz CT molecular complexity index is 3310. The minimum absolute atomic E-state index is 0.00223. The Balaban J connectivity index is 0.000000243. The van der Waals surface area contributed by atoms with Crippen LogP contribution in [0, 0.1) is 23.5 Å². The van der Waals surface area contributed by atoms with Crippen molar-refractivity contribution in [3.05, 3.63) is 166 Å². The molecule has 0 N–H and O–H groups in total. The predicted molar refractivity (Wildman–Crippen MR) is 341 cm³/mol. The molecule has 5 aromatic carbocycles. The Morgan fingerprint density at radius 3 is 1.73 bits per heavy atom. The molecular formula is C72H93F2N5O9. The van der Waals surface area contributed by atoms with Gasteiger partial charge < -0.3 is 38.2 Å². The van der Waals surface area contributed by atoms with Crippen LogP contribution >= 0.6 is 0 Å². The topological polar surface area (TPSA) is 143 Å². The van der Waals surface area contributed by atoms with Gasteiger partial charge in [-0.2, -0.15) is 0 Å². The zero-order chi connectivity index (χ0) is 63.0. The minimum atomic E-state index is -0.729. The van der Waals surface area contributed by atoms with Gasteiger partial charge in [0.2, 0.25) is 0 Å². The van der Waals surface area contributed by atoms with Crippen LogP contribution in [0.15, 0.2) is 114 Å². The summed E-state index contributed by atoms with van der Waals surface area (Å²) in [6.45, 7) is 16.4. The molecule has 0 saturated carbocycles. The quantitative estimate of drug-likeness (QED) is 0.0326. The van der Waals surface area contributed by atoms with Crippen molar-refractivity contribution in [2.45, 2.75) is 148 Å². The Kier molecular flexibility index (Phi) is 24.2. The molecule has 0 saturated heterocycles. The molecule has 1 aromatic heterocycles. The zero-order valence-corrected chi connectivity index (χ0v) is 53.6. The largest absolute Gasteiger partial charge is 0.466 e. The van der Waals surface area contributed by atoms with Crippen molar-refractivity contribution in [1.29, 1.82) is 0 Å². The molecule has 2 heterocycles. The number of esters is 3. The molecule has 0 spiro atoms. The summed E-state index contributed by atoms with van der Waals surface area (Å²) >= 11 is 0. The van der Waals surface area contributed by atoms with Crippen molar-refractivity contribution in [1.82, 2.24) is 19.4 Å². The third-order valence-electron chi connectivity index (χ3n) is 17.7. The Hall–Kier alpha value is -6.69. The number of imidazole rings is 1. The van der Waals surface area contributed by atoms with Crippen molar-refractivity contribution in [3.63, 3.8) is 0 Å². The highest BCUT2D eigenvalue weighted by Crippen LogP contribution is 2.50. The molecule has 474 valence electrons. The van der Waals surface area contributed by atoms with Crippen molar-refractivity contribution in [2.24, 2.45) is 16.8 Å². The second-order valence-electron chi connectivity index (χ2n) is 24.8. The van der Waals surface area contributed by atoms with Crippen LogP contribution in [0.3, 0.4) is 0 Å². The molecule has 16 heteroatoms. The molecule has 1 aliphatic heterocycles. The van der Waals surface area contributed by atoms with Crippen LogP contribution in [0.4, 0.5) is 14.5 Å². The van der Waals surface area contributed by atoms with Gasteiger partial charge in [-0.3, -0.25) is 14.4 Å². The third-order valence-corrected chi connectivity index (χ3v) is 17.7. The lowest BCUT2D eigenvalue weighted by Gasteiger charge is -2.47. The number of hydrogen-bond donors (Lipinski definition) is 0. The van der Waals surface area contributed by atoms with Crippen molar-refractivity contribution in [2.75, 3.05) is 80.9 Å². The van der Waals surface area contributed by atoms with E-state index in [1.807, 2.05) is 67.6 Å². The molecule has 3 aliphatic rings. The summed E-state index contributed by atoms with van der Waals surface area (Å²) in [5, 5.41) is 0. The van der Waals surface area contributed by atoms with Crippen LogP contribution in [0.1, 0.15) is 149 Å². The maximum Gasteiger partial charge on any atom is 0.332 e. The van der Waals surface area contributed by atoms with Gasteiger partial charge in [-0.15, -0.1) is 0 Å². The molecule has 5 atom stereocenters. The van der Waals surface area contributed by atoms with Crippen LogP contribution in [-0.2, 0) is 74.9 Å². The summed E-state index contributed by atoms with van der Waals surface area (Å²) in [4.78, 5) is 52.2. The van der Waals surface area contributed by atoms with Gasteiger partial charge >= 0.3 is 17.9 Å². The first kappa shape index (κ1) is 67.2. The highest BCUT2D eigenvalue weighted by Gasteiger charge is 2.49. The summed E-state index contributed by atoms with van der Waals surface area (Å²) in [5.74, 6) is -0.139. The summed E-state index contributed by atoms with van der Waals surface area (Å²) in [7, 11) is 7.24. The van der Waals surface area contributed by atoms with E-state index in [0.29, 0.717) is 45.3 Å². The molecule has 2 aliphatic carbocycles. The van der Waals surface area contributed by atoms with E-state index in [-0.39, 0.29) is 79.1 Å². The van der Waals surface area contributed by atoms with Crippen LogP contribution in [0.25, 0.3) is 11.0 Å². The van der Waals surface area contributed by atoms with Crippen LogP contribution in [-0.4, -0.2) is 135 Å². The standard InChI is InChI=1S/C42H54FN3O6.C30H39FN2O3/c1-7-50-38(47)26-30-15-17-31(18-16-30)41(51-8-2)46-36-13-10-9-12-35(36)44-37(46)14-11-24-45(5)25-23-42(52-39(48)28-49-6)22-21-32-27-33(43)19-20-34(32)40(42)29(3)4;1-21(2)29-26-12-11-24(31)18-22(26)13-14-30(29,36-28(34)20-35-4)15-17-33(3)16-7-9-25-19-23-8-5-6-10-27(23)32-25/h9-10,12-13,15-20,27,29,40-41H,7-8,11,14,21-26,28H2,1-6H3;5-6,8,10-12,18,21,29H,7,9,13-17,19-20H2,1-4H3/t40-,41?,42-;29-,30-/m00/s1. The fraction of sp³-hybridized carbons (Fsp3) is 0.514. The normalized spacial score (nSPS) is 19.0. The molecule has 0 bridgehead atoms. The lowest BCUT2D eigenvalue weighted by Crippen LogP contribution is -2.49. The van der Waals surface area contributed by atoms with Crippen LogP contribution in [0.2, 0.25) is 0 Å². The Morgan fingerprint density at radius 2 is 1.19 bits per heavy atom. The average molecular weight is 1210 g/mol. The molecule has 14 nitrogen and oxygen atoms in total. The van der Waals surface area contributed by atoms with E-state index < -0.39 is 11.2 Å². The number of hydrogen-bond acceptors (Lipinski definition) is 13. The maximum atomic E-state index is 14.2. The third kappa shape index (κ3) is 17.0. The maximum absolute atomic E-state index is 14.2. The first-order valence-corrected chi connectivity index (χ1v) is 31.7. The van der Waals surface area contributed by atoms with Gasteiger partial charge in [0.15, 0.2) is 6.23 Å². The highest BCUT2D eigenvalue weighted by atomic mass is 19.1. The number of aliphatic imine (C=N–C) groups is 1. The van der Waals surface area contributed by atoms with Gasteiger partial charge in [0, 0.05) is 82.7 Å². The summed E-state index contributed by atoms with van der Waals surface area (Å²) in [6.07, 6.45) is 8.42. The van der Waals surface area contributed by atoms with Gasteiger partial charge in [0.25, 0.3) is 0 Å². The molecule has 88 heavy (non-hydrogen) atoms. The number of nitrogens with zero attached hydrogens (tertiary/aromatic N) is 5. The molecule has 0 fully saturated rings. The van der Waals surface area contributed by atoms with Gasteiger partial charge in [0.1, 0.15) is 41.9 Å². The van der Waals surface area contributed by atoms with E-state index in [0.717, 1.165) is 121 Å². The first-order valence-electron chi connectivity index (χ1n) is 31.7. The van der Waals surface area contributed by atoms with E-state index in [4.69, 9.17) is 38.4 Å². The molecule has 1 unspecified atom stereocenters. The zero-order valence-electron chi connectivity index (χ0n) is 53.6. The van der Waals surface area contributed by atoms with Gasteiger partial charge in [-0.05, 0) is 174 Å². The number of benzene rings is 5. The van der Waals surface area contributed by atoms with Crippen LogP contribution < -0.4 is 0 Å². The number of rotatable bonds is 29. The molecular weight excluding hydrogens is 1120 g/mol. The lowest BCUT2D eigenvalue weighted by atomic mass is 9.65. The van der Waals surface area contributed by atoms with Gasteiger partial charge in [-0.1, -0.05) is 94.4 Å². The average Bonchev–Trinajstić information content (AvgIpc) is 2.15. The van der Waals surface area contributed by atoms with Crippen molar-refractivity contribution >= 4 is 40.3 Å². The summed E-state index contributed by atoms with van der Waals surface area (Å²) in [5.41, 5.74) is 10.3. The fourth-order valence-corrected chi connectivity index (χ4v) is 13.9. The monoisotopic (exact) mass is 1210 g/mol. The van der Waals surface area contributed by atoms with E-state index in [1.165, 1.54) is 37.6 Å². The second kappa shape index (κ2) is 31.7. The molecule has 0 radical (unpaired) electrons. The highest BCUT2D eigenvalue weighted by molar-refractivity contribution is 5.93. The van der Waals surface area contributed by atoms with Crippen molar-refractivity contribution in [3.8, 4) is 0 Å². The van der Waals surface area contributed by atoms with Gasteiger partial charge in [0.05, 0.1) is 29.7 Å². The number of aryl methyl sites for hydroxylation is 3. The summed E-state index contributed by atoms with van der Waals surface area (Å²) < 4.78 is 64.7. The number of carbonyl (C=O) groups is 3. The smallest absolute Gasteiger partial charge is 0.332 e. The molecule has 9 rings (SSSR count). The van der Waals surface area contributed by atoms with E-state index in [1.54, 1.807) is 19.1 Å². The first-order chi connectivity index (χ1) is 42.4. The number of ether oxygens (including phenoxy) is 6. The molecule has 6 aromatic rings. The SMILES string of the molecule is CCOC(=O)Cc1ccc(C(OCC)n2c(CCCN(C)CC[C@@]3(OC(=O)COC)CCc4cc(F)ccc4[C@@H]3C(C)C)nc3ccccc32)cc1.COCC(=O)O[C@]1(CCN(C)CCCC2=Nc3ccccc3C2)CCc2cc(F)ccc2[C@@H]1C(C)C. The number of para-hydroxylation sites is 3. The van der Waals surface area contributed by atoms with E-state index >= 15 is 0 Å². The second-order valence-corrected chi connectivity index (χ2v) is 24.8. The predicted octanol–water partition coefficient (Wildman–Crippen LogP) is 13.3. The lowest BCUT2D eigenvalue weighted by molar-refractivity contribution is -0.173. The van der Waals surface area contributed by atoms with E-state index in [9.17, 15) is 23.2 Å². The number of carbonyl (C=O) groups excluding carboxylic acids is 3. The summed E-state index contributed by atoms with van der Waals surface area (Å²) in [6, 6.07) is 34.5. The van der Waals surface area contributed by atoms with Gasteiger partial charge in [-0.25, -0.2) is 23.4 Å². The number of aromatic nitrogens is 2. The van der Waals surface area contributed by atoms with Crippen molar-refractivity contribution < 1.29 is 51.6 Å². The number of fused-ring (bicyclic) bond motifs is 4. The Labute approximate surface area is 520 Å². The fourth-order valence-electron chi connectivity index (χ4n) is 13.9. The number of halogens is 2. The minimum Gasteiger partial charge on any atom is -0.466 e. The molecule has 0 amide bonds. The Morgan fingerprint density at radius 1 is 0.648 bits per heavy atom.